The van der Waals surface area contributed by atoms with Crippen LogP contribution in [0.5, 0.6) is 11.5 Å². The molecule has 2 heterocycles. The van der Waals surface area contributed by atoms with E-state index >= 15 is 0 Å². The summed E-state index contributed by atoms with van der Waals surface area (Å²) < 4.78 is 10.6. The van der Waals surface area contributed by atoms with Gasteiger partial charge in [0, 0.05) is 23.5 Å². The van der Waals surface area contributed by atoms with Gasteiger partial charge in [-0.05, 0) is 37.0 Å². The molecule has 4 nitrogen and oxygen atoms in total. The first-order valence-corrected chi connectivity index (χ1v) is 7.89. The average molecular weight is 340 g/mol. The Labute approximate surface area is 127 Å². The number of amides is 1. The molecule has 108 valence electrons. The van der Waals surface area contributed by atoms with Crippen molar-refractivity contribution in [2.75, 3.05) is 19.9 Å². The molecule has 3 rings (SSSR count). The van der Waals surface area contributed by atoms with Gasteiger partial charge in [0.25, 0.3) is 5.91 Å². The third-order valence-electron chi connectivity index (χ3n) is 4.10. The normalized spacial score (nSPS) is 20.0. The summed E-state index contributed by atoms with van der Waals surface area (Å²) in [5.41, 5.74) is 0.680. The molecule has 1 aromatic carbocycles. The van der Waals surface area contributed by atoms with Crippen molar-refractivity contribution in [3.05, 3.63) is 23.8 Å². The van der Waals surface area contributed by atoms with Crippen molar-refractivity contribution in [3.63, 3.8) is 0 Å². The van der Waals surface area contributed by atoms with Crippen LogP contribution in [0.2, 0.25) is 0 Å². The van der Waals surface area contributed by atoms with Gasteiger partial charge in [0.05, 0.1) is 0 Å². The third kappa shape index (κ3) is 2.64. The third-order valence-corrected chi connectivity index (χ3v) is 4.84. The molecular weight excluding hydrogens is 322 g/mol. The van der Waals surface area contributed by atoms with Crippen molar-refractivity contribution in [1.82, 2.24) is 4.90 Å². The lowest BCUT2D eigenvalue weighted by Crippen LogP contribution is -2.39. The quantitative estimate of drug-likeness (QED) is 0.777. The van der Waals surface area contributed by atoms with E-state index in [2.05, 4.69) is 22.9 Å². The number of carbonyl (C=O) groups is 1. The van der Waals surface area contributed by atoms with Crippen molar-refractivity contribution in [2.45, 2.75) is 24.6 Å². The minimum absolute atomic E-state index is 0.0870. The zero-order valence-corrected chi connectivity index (χ0v) is 13.1. The smallest absolute Gasteiger partial charge is 0.253 e. The summed E-state index contributed by atoms with van der Waals surface area (Å²) in [5.74, 6) is 2.13. The Bertz CT molecular complexity index is 510. The highest BCUT2D eigenvalue weighted by Gasteiger charge is 2.26. The van der Waals surface area contributed by atoms with E-state index in [0.29, 0.717) is 27.8 Å². The predicted octanol–water partition coefficient (Wildman–Crippen LogP) is 3.05. The van der Waals surface area contributed by atoms with E-state index in [-0.39, 0.29) is 12.7 Å². The fraction of sp³-hybridized carbons (Fsp3) is 0.533. The minimum Gasteiger partial charge on any atom is -0.454 e. The minimum atomic E-state index is 0.0870. The van der Waals surface area contributed by atoms with Gasteiger partial charge < -0.3 is 14.4 Å². The van der Waals surface area contributed by atoms with Crippen LogP contribution in [0.25, 0.3) is 0 Å². The van der Waals surface area contributed by atoms with Crippen LogP contribution in [0, 0.1) is 5.92 Å². The number of nitrogens with zero attached hydrogens (tertiary/aromatic N) is 1. The van der Waals surface area contributed by atoms with E-state index in [0.717, 1.165) is 25.9 Å². The molecule has 2 aliphatic heterocycles. The van der Waals surface area contributed by atoms with Gasteiger partial charge in [-0.2, -0.15) is 0 Å². The van der Waals surface area contributed by atoms with Crippen LogP contribution in [-0.2, 0) is 0 Å². The fourth-order valence-electron chi connectivity index (χ4n) is 2.77. The van der Waals surface area contributed by atoms with Crippen molar-refractivity contribution in [3.8, 4) is 11.5 Å². The number of ether oxygens (including phenoxy) is 2. The van der Waals surface area contributed by atoms with Crippen LogP contribution < -0.4 is 9.47 Å². The van der Waals surface area contributed by atoms with E-state index in [1.807, 2.05) is 17.0 Å². The lowest BCUT2D eigenvalue weighted by Gasteiger charge is -2.33. The zero-order valence-electron chi connectivity index (χ0n) is 11.5. The average Bonchev–Trinajstić information content (AvgIpc) is 2.94. The first-order chi connectivity index (χ1) is 9.65. The van der Waals surface area contributed by atoms with E-state index in [9.17, 15) is 4.79 Å². The van der Waals surface area contributed by atoms with Crippen LogP contribution in [-0.4, -0.2) is 35.5 Å². The molecule has 0 bridgehead atoms. The number of rotatable bonds is 2. The summed E-state index contributed by atoms with van der Waals surface area (Å²) in [6, 6.07) is 5.40. The van der Waals surface area contributed by atoms with Crippen LogP contribution in [0.15, 0.2) is 18.2 Å². The fourth-order valence-corrected chi connectivity index (χ4v) is 3.30. The summed E-state index contributed by atoms with van der Waals surface area (Å²) >= 11 is 3.64. The van der Waals surface area contributed by atoms with Crippen molar-refractivity contribution < 1.29 is 14.3 Å². The molecular formula is C15H18BrNO3. The standard InChI is InChI=1S/C15H18BrNO3/c1-10(16)11-4-6-17(7-5-11)15(18)12-2-3-13-14(8-12)20-9-19-13/h2-3,8,10-11H,4-7,9H2,1H3. The van der Waals surface area contributed by atoms with Crippen LogP contribution in [0.1, 0.15) is 30.1 Å². The Balaban J connectivity index is 1.68. The number of hydrogen-bond acceptors (Lipinski definition) is 3. The number of hydrogen-bond donors (Lipinski definition) is 0. The molecule has 1 saturated heterocycles. The van der Waals surface area contributed by atoms with Crippen LogP contribution in [0.4, 0.5) is 0 Å². The maximum atomic E-state index is 12.5. The molecule has 1 aromatic rings. The molecule has 0 radical (unpaired) electrons. The molecule has 5 heteroatoms. The number of carbonyl (C=O) groups excluding carboxylic acids is 1. The molecule has 20 heavy (non-hydrogen) atoms. The van der Waals surface area contributed by atoms with Crippen molar-refractivity contribution in [2.24, 2.45) is 5.92 Å². The van der Waals surface area contributed by atoms with Gasteiger partial charge in [0.1, 0.15) is 0 Å². The molecule has 1 fully saturated rings. The number of likely N-dealkylation sites (tertiary alicyclic amines) is 1. The highest BCUT2D eigenvalue weighted by molar-refractivity contribution is 9.09. The number of benzene rings is 1. The highest BCUT2D eigenvalue weighted by Crippen LogP contribution is 2.33. The summed E-state index contributed by atoms with van der Waals surface area (Å²) in [6.45, 7) is 4.07. The Morgan fingerprint density at radius 3 is 2.70 bits per heavy atom. The van der Waals surface area contributed by atoms with Gasteiger partial charge in [-0.1, -0.05) is 22.9 Å². The summed E-state index contributed by atoms with van der Waals surface area (Å²) in [6.07, 6.45) is 2.12. The Hall–Kier alpha value is -1.23. The van der Waals surface area contributed by atoms with Crippen LogP contribution >= 0.6 is 15.9 Å². The van der Waals surface area contributed by atoms with Gasteiger partial charge in [0.15, 0.2) is 11.5 Å². The predicted molar refractivity (Wildman–Crippen MR) is 79.6 cm³/mol. The van der Waals surface area contributed by atoms with Crippen molar-refractivity contribution >= 4 is 21.8 Å². The Kier molecular flexibility index (Phi) is 3.87. The first kappa shape index (κ1) is 13.7. The largest absolute Gasteiger partial charge is 0.454 e. The molecule has 0 aliphatic carbocycles. The molecule has 0 saturated carbocycles. The lowest BCUT2D eigenvalue weighted by atomic mass is 9.94. The van der Waals surface area contributed by atoms with Gasteiger partial charge in [-0.15, -0.1) is 0 Å². The summed E-state index contributed by atoms with van der Waals surface area (Å²) in [4.78, 5) is 14.9. The molecule has 2 aliphatic rings. The maximum Gasteiger partial charge on any atom is 0.253 e. The second-order valence-electron chi connectivity index (χ2n) is 5.38. The Morgan fingerprint density at radius 2 is 2.00 bits per heavy atom. The van der Waals surface area contributed by atoms with Gasteiger partial charge in [0.2, 0.25) is 6.79 Å². The second-order valence-corrected chi connectivity index (χ2v) is 6.82. The number of fused-ring (bicyclic) bond motifs is 1. The zero-order chi connectivity index (χ0) is 14.1. The second kappa shape index (κ2) is 5.64. The number of piperidine rings is 1. The summed E-state index contributed by atoms with van der Waals surface area (Å²) in [5, 5.41) is 0. The van der Waals surface area contributed by atoms with E-state index in [1.165, 1.54) is 0 Å². The van der Waals surface area contributed by atoms with Gasteiger partial charge >= 0.3 is 0 Å². The molecule has 0 N–H and O–H groups in total. The van der Waals surface area contributed by atoms with Gasteiger partial charge in [-0.25, -0.2) is 0 Å². The maximum absolute atomic E-state index is 12.5. The van der Waals surface area contributed by atoms with E-state index < -0.39 is 0 Å². The van der Waals surface area contributed by atoms with E-state index in [1.54, 1.807) is 6.07 Å². The molecule has 0 aromatic heterocycles. The Morgan fingerprint density at radius 1 is 1.30 bits per heavy atom. The highest BCUT2D eigenvalue weighted by atomic mass is 79.9. The van der Waals surface area contributed by atoms with Gasteiger partial charge in [-0.3, -0.25) is 4.79 Å². The molecule has 0 spiro atoms. The first-order valence-electron chi connectivity index (χ1n) is 6.98. The lowest BCUT2D eigenvalue weighted by molar-refractivity contribution is 0.0691. The molecule has 1 atom stereocenters. The summed E-state index contributed by atoms with van der Waals surface area (Å²) in [7, 11) is 0. The molecule has 1 amide bonds. The monoisotopic (exact) mass is 339 g/mol. The SMILES string of the molecule is CC(Br)C1CCN(C(=O)c2ccc3c(c2)OCO3)CC1. The van der Waals surface area contributed by atoms with Crippen LogP contribution in [0.3, 0.4) is 0 Å². The topological polar surface area (TPSA) is 38.8 Å². The van der Waals surface area contributed by atoms with Crippen molar-refractivity contribution in [1.29, 1.82) is 0 Å². The van der Waals surface area contributed by atoms with E-state index in [4.69, 9.17) is 9.47 Å². The number of alkyl halides is 1. The number of halogens is 1. The molecule has 1 unspecified atom stereocenters.